The molecule has 1 saturated heterocycles. The highest BCUT2D eigenvalue weighted by Crippen LogP contribution is 2.39. The average Bonchev–Trinajstić information content (AvgIpc) is 3.38. The zero-order chi connectivity index (χ0) is 25.9. The van der Waals surface area contributed by atoms with E-state index in [1.165, 1.54) is 0 Å². The lowest BCUT2D eigenvalue weighted by Crippen LogP contribution is -2.58. The molecule has 8 nitrogen and oxygen atoms in total. The van der Waals surface area contributed by atoms with Crippen LogP contribution in [-0.2, 0) is 16.1 Å². The van der Waals surface area contributed by atoms with Crippen molar-refractivity contribution in [3.63, 3.8) is 0 Å². The molecule has 37 heavy (non-hydrogen) atoms. The number of hydrogen-bond acceptors (Lipinski definition) is 6. The van der Waals surface area contributed by atoms with Gasteiger partial charge in [-0.15, -0.1) is 0 Å². The van der Waals surface area contributed by atoms with Gasteiger partial charge >= 0.3 is 0 Å². The summed E-state index contributed by atoms with van der Waals surface area (Å²) in [5.74, 6) is 3.08. The molecule has 198 valence electrons. The van der Waals surface area contributed by atoms with Crippen molar-refractivity contribution in [1.29, 1.82) is 0 Å². The molecule has 5 rings (SSSR count). The number of piperazine rings is 1. The van der Waals surface area contributed by atoms with Gasteiger partial charge in [0.1, 0.15) is 12.6 Å². The summed E-state index contributed by atoms with van der Waals surface area (Å²) in [6.45, 7) is 5.45. The summed E-state index contributed by atoms with van der Waals surface area (Å²) in [5, 5.41) is 0. The summed E-state index contributed by atoms with van der Waals surface area (Å²) < 4.78 is 22.4. The van der Waals surface area contributed by atoms with Crippen molar-refractivity contribution in [2.75, 3.05) is 27.1 Å². The van der Waals surface area contributed by atoms with E-state index in [9.17, 15) is 9.59 Å². The van der Waals surface area contributed by atoms with Crippen LogP contribution in [0, 0.1) is 5.92 Å². The summed E-state index contributed by atoms with van der Waals surface area (Å²) in [4.78, 5) is 31.3. The molecule has 1 aliphatic carbocycles. The molecule has 0 spiro atoms. The van der Waals surface area contributed by atoms with Gasteiger partial charge in [0.05, 0.1) is 13.7 Å². The van der Waals surface area contributed by atoms with Gasteiger partial charge in [0.25, 0.3) is 5.91 Å². The molecule has 2 aromatic rings. The second-order valence-corrected chi connectivity index (χ2v) is 10.3. The predicted molar refractivity (Wildman–Crippen MR) is 138 cm³/mol. The minimum Gasteiger partial charge on any atom is -0.493 e. The number of fused-ring (bicyclic) bond motifs is 1. The molecular formula is C29H36N2O6. The predicted octanol–water partition coefficient (Wildman–Crippen LogP) is 4.70. The molecule has 8 heteroatoms. The van der Waals surface area contributed by atoms with Gasteiger partial charge in [-0.25, -0.2) is 0 Å². The molecule has 0 bridgehead atoms. The van der Waals surface area contributed by atoms with Crippen molar-refractivity contribution < 1.29 is 28.5 Å². The van der Waals surface area contributed by atoms with E-state index in [1.54, 1.807) is 12.0 Å². The largest absolute Gasteiger partial charge is 0.493 e. The van der Waals surface area contributed by atoms with Crippen LogP contribution in [0.2, 0.25) is 0 Å². The Bertz CT molecular complexity index is 1140. The minimum absolute atomic E-state index is 0.0378. The third-order valence-electron chi connectivity index (χ3n) is 7.64. The van der Waals surface area contributed by atoms with Crippen molar-refractivity contribution in [1.82, 2.24) is 9.80 Å². The van der Waals surface area contributed by atoms with Gasteiger partial charge in [0.15, 0.2) is 23.0 Å². The van der Waals surface area contributed by atoms with Gasteiger partial charge in [-0.05, 0) is 73.4 Å². The fourth-order valence-electron chi connectivity index (χ4n) is 5.54. The van der Waals surface area contributed by atoms with E-state index < -0.39 is 6.04 Å². The molecule has 0 N–H and O–H groups in total. The number of carbonyl (C=O) groups excluding carboxylic acids is 2. The molecule has 2 amide bonds. The van der Waals surface area contributed by atoms with Crippen LogP contribution < -0.4 is 18.9 Å². The maximum absolute atomic E-state index is 14.1. The van der Waals surface area contributed by atoms with Crippen molar-refractivity contribution in [2.45, 2.75) is 64.6 Å². The lowest BCUT2D eigenvalue weighted by atomic mass is 9.85. The second kappa shape index (κ2) is 10.9. The lowest BCUT2D eigenvalue weighted by Gasteiger charge is -2.45. The topological polar surface area (TPSA) is 77.5 Å². The van der Waals surface area contributed by atoms with Crippen LogP contribution in [-0.4, -0.2) is 54.7 Å². The summed E-state index contributed by atoms with van der Waals surface area (Å²) in [7, 11) is 1.59. The Hall–Kier alpha value is -3.42. The van der Waals surface area contributed by atoms with Crippen molar-refractivity contribution in [3.05, 3.63) is 47.5 Å². The zero-order valence-electron chi connectivity index (χ0n) is 21.9. The number of amides is 2. The van der Waals surface area contributed by atoms with E-state index in [0.29, 0.717) is 41.1 Å². The average molecular weight is 509 g/mol. The van der Waals surface area contributed by atoms with Gasteiger partial charge in [-0.2, -0.15) is 0 Å². The lowest BCUT2D eigenvalue weighted by molar-refractivity contribution is -0.160. The Kier molecular flexibility index (Phi) is 7.44. The molecular weight excluding hydrogens is 472 g/mol. The van der Waals surface area contributed by atoms with E-state index in [-0.39, 0.29) is 37.7 Å². The van der Waals surface area contributed by atoms with Gasteiger partial charge in [0, 0.05) is 12.6 Å². The van der Waals surface area contributed by atoms with E-state index in [1.807, 2.05) is 48.2 Å². The van der Waals surface area contributed by atoms with E-state index >= 15 is 0 Å². The second-order valence-electron chi connectivity index (χ2n) is 10.3. The zero-order valence-corrected chi connectivity index (χ0v) is 21.9. The summed E-state index contributed by atoms with van der Waals surface area (Å²) >= 11 is 0. The Morgan fingerprint density at radius 1 is 0.973 bits per heavy atom. The third kappa shape index (κ3) is 5.20. The Morgan fingerprint density at radius 2 is 1.76 bits per heavy atom. The molecule has 0 aromatic heterocycles. The Labute approximate surface area is 218 Å². The maximum Gasteiger partial charge on any atom is 0.250 e. The third-order valence-corrected chi connectivity index (χ3v) is 7.64. The molecule has 2 fully saturated rings. The normalized spacial score (nSPS) is 23.4. The fourth-order valence-corrected chi connectivity index (χ4v) is 5.54. The molecule has 2 aromatic carbocycles. The standard InChI is InChI=1S/C29H36N2O6/c1-4-13-35-23-12-8-21(15-25(23)34-3)28-29(33)30(22-9-5-19(2)6-10-22)17-27(32)31(28)16-20-7-11-24-26(14-20)37-18-36-24/h7-8,11-12,14-15,19,22,28H,4-6,9-10,13,16-18H2,1-3H3/t19?,22?,28-/m1/s1. The van der Waals surface area contributed by atoms with Crippen LogP contribution in [0.15, 0.2) is 36.4 Å². The number of nitrogens with zero attached hydrogens (tertiary/aromatic N) is 2. The van der Waals surface area contributed by atoms with Gasteiger partial charge in [-0.1, -0.05) is 26.0 Å². The van der Waals surface area contributed by atoms with Gasteiger partial charge in [0.2, 0.25) is 12.7 Å². The highest BCUT2D eigenvalue weighted by molar-refractivity contribution is 5.96. The van der Waals surface area contributed by atoms with Gasteiger partial charge < -0.3 is 28.7 Å². The van der Waals surface area contributed by atoms with Crippen LogP contribution in [0.25, 0.3) is 0 Å². The highest BCUT2D eigenvalue weighted by atomic mass is 16.7. The van der Waals surface area contributed by atoms with Crippen molar-refractivity contribution in [3.8, 4) is 23.0 Å². The molecule has 1 saturated carbocycles. The van der Waals surface area contributed by atoms with E-state index in [4.69, 9.17) is 18.9 Å². The summed E-state index contributed by atoms with van der Waals surface area (Å²) in [6, 6.07) is 10.5. The summed E-state index contributed by atoms with van der Waals surface area (Å²) in [5.41, 5.74) is 1.60. The van der Waals surface area contributed by atoms with Crippen LogP contribution in [0.4, 0.5) is 0 Å². The van der Waals surface area contributed by atoms with Crippen LogP contribution >= 0.6 is 0 Å². The molecule has 2 heterocycles. The number of carbonyl (C=O) groups is 2. The first-order valence-electron chi connectivity index (χ1n) is 13.3. The molecule has 2 aliphatic heterocycles. The van der Waals surface area contributed by atoms with Crippen molar-refractivity contribution in [2.24, 2.45) is 5.92 Å². The quantitative estimate of drug-likeness (QED) is 0.514. The molecule has 0 radical (unpaired) electrons. The summed E-state index contributed by atoms with van der Waals surface area (Å²) in [6.07, 6.45) is 4.89. The SMILES string of the molecule is CCCOc1ccc([C@@H]2C(=O)N(C3CCC(C)CC3)CC(=O)N2Cc2ccc3c(c2)OCO3)cc1OC. The number of ether oxygens (including phenoxy) is 4. The maximum atomic E-state index is 14.1. The first kappa shape index (κ1) is 25.2. The Morgan fingerprint density at radius 3 is 2.51 bits per heavy atom. The fraction of sp³-hybridized carbons (Fsp3) is 0.517. The number of methoxy groups -OCH3 is 1. The minimum atomic E-state index is -0.750. The van der Waals surface area contributed by atoms with Crippen LogP contribution in [0.3, 0.4) is 0 Å². The number of rotatable bonds is 8. The molecule has 1 atom stereocenters. The first-order chi connectivity index (χ1) is 18.0. The van der Waals surface area contributed by atoms with Gasteiger partial charge in [-0.3, -0.25) is 9.59 Å². The van der Waals surface area contributed by atoms with E-state index in [2.05, 4.69) is 6.92 Å². The molecule has 0 unspecified atom stereocenters. The number of hydrogen-bond donors (Lipinski definition) is 0. The van der Waals surface area contributed by atoms with E-state index in [0.717, 1.165) is 37.7 Å². The van der Waals surface area contributed by atoms with Crippen LogP contribution in [0.5, 0.6) is 23.0 Å². The smallest absolute Gasteiger partial charge is 0.250 e. The monoisotopic (exact) mass is 508 g/mol. The Balaban J connectivity index is 1.48. The van der Waals surface area contributed by atoms with Crippen LogP contribution in [0.1, 0.15) is 63.1 Å². The highest BCUT2D eigenvalue weighted by Gasteiger charge is 2.43. The number of benzene rings is 2. The molecule has 3 aliphatic rings. The van der Waals surface area contributed by atoms with Crippen molar-refractivity contribution >= 4 is 11.8 Å². The first-order valence-corrected chi connectivity index (χ1v) is 13.3.